The maximum absolute atomic E-state index is 10.3. The van der Waals surface area contributed by atoms with Crippen LogP contribution >= 0.6 is 22.9 Å². The number of halogens is 1. The molecule has 60 valence electrons. The van der Waals surface area contributed by atoms with Gasteiger partial charge in [0.1, 0.15) is 9.34 Å². The molecule has 1 rings (SSSR count). The molecule has 0 aliphatic rings. The smallest absolute Gasteiger partial charge is 0.164 e. The topological polar surface area (TPSA) is 39.2 Å². The van der Waals surface area contributed by atoms with Crippen LogP contribution in [0, 0.1) is 0 Å². The van der Waals surface area contributed by atoms with Gasteiger partial charge in [0.25, 0.3) is 0 Å². The molecule has 0 saturated carbocycles. The predicted octanol–water partition coefficient (Wildman–Crippen LogP) is 1.68. The Hall–Kier alpha value is -0.450. The molecule has 3 nitrogen and oxygen atoms in total. The number of aromatic nitrogens is 1. The third-order valence-corrected chi connectivity index (χ3v) is 2.29. The van der Waals surface area contributed by atoms with Crippen LogP contribution in [-0.2, 0) is 9.53 Å². The summed E-state index contributed by atoms with van der Waals surface area (Å²) < 4.78 is 5.38. The van der Waals surface area contributed by atoms with Crippen LogP contribution in [0.4, 0.5) is 0 Å². The third-order valence-electron chi connectivity index (χ3n) is 1.12. The second-order valence-electron chi connectivity index (χ2n) is 1.79. The monoisotopic (exact) mass is 191 g/mol. The van der Waals surface area contributed by atoms with Crippen molar-refractivity contribution < 1.29 is 9.53 Å². The average Bonchev–Trinajstić information content (AvgIpc) is 2.39. The minimum absolute atomic E-state index is 0.559. The molecule has 0 bridgehead atoms. The normalized spacial score (nSPS) is 12.9. The molecule has 1 aromatic rings. The second kappa shape index (κ2) is 3.80. The average molecular weight is 192 g/mol. The number of rotatable bonds is 3. The van der Waals surface area contributed by atoms with Crippen molar-refractivity contribution in [3.05, 3.63) is 15.5 Å². The molecule has 0 radical (unpaired) electrons. The molecular formula is C6H6ClNO2S. The van der Waals surface area contributed by atoms with Crippen molar-refractivity contribution in [1.82, 2.24) is 4.98 Å². The highest BCUT2D eigenvalue weighted by molar-refractivity contribution is 7.15. The molecule has 1 heterocycles. The van der Waals surface area contributed by atoms with Crippen LogP contribution in [0.3, 0.4) is 0 Å². The number of thiazole rings is 1. The van der Waals surface area contributed by atoms with E-state index >= 15 is 0 Å². The van der Waals surface area contributed by atoms with E-state index < -0.39 is 6.10 Å². The van der Waals surface area contributed by atoms with Crippen LogP contribution < -0.4 is 0 Å². The first-order valence-corrected chi connectivity index (χ1v) is 4.06. The van der Waals surface area contributed by atoms with Gasteiger partial charge in [-0.1, -0.05) is 11.6 Å². The van der Waals surface area contributed by atoms with Crippen LogP contribution in [0.2, 0.25) is 4.34 Å². The Bertz CT molecular complexity index is 250. The van der Waals surface area contributed by atoms with E-state index in [1.807, 2.05) is 0 Å². The molecule has 0 fully saturated rings. The van der Waals surface area contributed by atoms with Crippen LogP contribution in [0.1, 0.15) is 11.1 Å². The van der Waals surface area contributed by atoms with Gasteiger partial charge in [-0.05, 0) is 0 Å². The van der Waals surface area contributed by atoms with E-state index in [4.69, 9.17) is 16.3 Å². The molecule has 1 unspecified atom stereocenters. The number of carbonyl (C=O) groups is 1. The van der Waals surface area contributed by atoms with Gasteiger partial charge in [0.2, 0.25) is 0 Å². The maximum atomic E-state index is 10.3. The lowest BCUT2D eigenvalue weighted by atomic mass is 10.4. The van der Waals surface area contributed by atoms with E-state index in [1.165, 1.54) is 24.6 Å². The zero-order valence-corrected chi connectivity index (χ0v) is 7.35. The summed E-state index contributed by atoms with van der Waals surface area (Å²) in [6, 6.07) is 0. The maximum Gasteiger partial charge on any atom is 0.164 e. The van der Waals surface area contributed by atoms with E-state index in [0.717, 1.165) is 0 Å². The quantitative estimate of drug-likeness (QED) is 0.683. The van der Waals surface area contributed by atoms with Gasteiger partial charge in [0, 0.05) is 7.11 Å². The van der Waals surface area contributed by atoms with E-state index in [-0.39, 0.29) is 0 Å². The third kappa shape index (κ3) is 1.99. The Balaban J connectivity index is 2.81. The number of carbonyl (C=O) groups excluding carboxylic acids is 1. The van der Waals surface area contributed by atoms with E-state index in [0.29, 0.717) is 15.6 Å². The zero-order chi connectivity index (χ0) is 8.27. The fraction of sp³-hybridized carbons (Fsp3) is 0.333. The number of hydrogen-bond acceptors (Lipinski definition) is 4. The van der Waals surface area contributed by atoms with Crippen molar-refractivity contribution in [2.45, 2.75) is 6.10 Å². The van der Waals surface area contributed by atoms with Gasteiger partial charge in [0.05, 0.1) is 6.20 Å². The number of aldehydes is 1. The summed E-state index contributed by atoms with van der Waals surface area (Å²) in [6.07, 6.45) is 1.61. The van der Waals surface area contributed by atoms with Gasteiger partial charge in [-0.25, -0.2) is 4.98 Å². The Morgan fingerprint density at radius 3 is 3.00 bits per heavy atom. The molecule has 0 spiro atoms. The molecule has 0 aliphatic heterocycles. The zero-order valence-electron chi connectivity index (χ0n) is 5.78. The molecule has 11 heavy (non-hydrogen) atoms. The van der Waals surface area contributed by atoms with Gasteiger partial charge in [-0.15, -0.1) is 11.3 Å². The van der Waals surface area contributed by atoms with E-state index in [2.05, 4.69) is 4.98 Å². The summed E-state index contributed by atoms with van der Waals surface area (Å²) in [5, 5.41) is 0.590. The minimum Gasteiger partial charge on any atom is -0.367 e. The summed E-state index contributed by atoms with van der Waals surface area (Å²) in [5.74, 6) is 0. The number of methoxy groups -OCH3 is 1. The lowest BCUT2D eigenvalue weighted by molar-refractivity contribution is -0.116. The van der Waals surface area contributed by atoms with Crippen LogP contribution in [-0.4, -0.2) is 18.4 Å². The lowest BCUT2D eigenvalue weighted by Gasteiger charge is -2.01. The molecule has 0 aliphatic carbocycles. The Labute approximate surface area is 73.0 Å². The molecular weight excluding hydrogens is 186 g/mol. The highest BCUT2D eigenvalue weighted by Gasteiger charge is 2.12. The van der Waals surface area contributed by atoms with Crippen molar-refractivity contribution in [1.29, 1.82) is 0 Å². The first-order valence-electron chi connectivity index (χ1n) is 2.87. The number of hydrogen-bond donors (Lipinski definition) is 0. The summed E-state index contributed by atoms with van der Waals surface area (Å²) in [4.78, 5) is 14.2. The van der Waals surface area contributed by atoms with Gasteiger partial charge in [-0.3, -0.25) is 4.79 Å². The van der Waals surface area contributed by atoms with Gasteiger partial charge >= 0.3 is 0 Å². The lowest BCUT2D eigenvalue weighted by Crippen LogP contribution is -2.00. The van der Waals surface area contributed by atoms with E-state index in [1.54, 1.807) is 0 Å². The predicted molar refractivity (Wildman–Crippen MR) is 42.9 cm³/mol. The fourth-order valence-electron chi connectivity index (χ4n) is 0.613. The largest absolute Gasteiger partial charge is 0.367 e. The first-order chi connectivity index (χ1) is 5.27. The number of ether oxygens (including phenoxy) is 1. The van der Waals surface area contributed by atoms with Crippen molar-refractivity contribution >= 4 is 29.2 Å². The van der Waals surface area contributed by atoms with Gasteiger partial charge < -0.3 is 4.74 Å². The number of nitrogens with zero attached hydrogens (tertiary/aromatic N) is 1. The van der Waals surface area contributed by atoms with E-state index in [9.17, 15) is 4.79 Å². The Morgan fingerprint density at radius 1 is 1.91 bits per heavy atom. The summed E-state index contributed by atoms with van der Waals surface area (Å²) in [6.45, 7) is 0. The molecule has 0 N–H and O–H groups in total. The molecule has 5 heteroatoms. The minimum atomic E-state index is -0.576. The first kappa shape index (κ1) is 8.64. The highest BCUT2D eigenvalue weighted by Crippen LogP contribution is 2.24. The fourth-order valence-corrected chi connectivity index (χ4v) is 1.58. The molecule has 0 aromatic carbocycles. The summed E-state index contributed by atoms with van der Waals surface area (Å²) in [5.41, 5.74) is 0. The summed E-state index contributed by atoms with van der Waals surface area (Å²) >= 11 is 6.85. The Morgan fingerprint density at radius 2 is 2.64 bits per heavy atom. The SMILES string of the molecule is COC(C=O)c1ncc(Cl)s1. The Kier molecular flexibility index (Phi) is 2.99. The van der Waals surface area contributed by atoms with Gasteiger partial charge in [0.15, 0.2) is 12.4 Å². The second-order valence-corrected chi connectivity index (χ2v) is 3.49. The van der Waals surface area contributed by atoms with Crippen molar-refractivity contribution in [2.24, 2.45) is 0 Å². The van der Waals surface area contributed by atoms with Crippen molar-refractivity contribution in [3.63, 3.8) is 0 Å². The highest BCUT2D eigenvalue weighted by atomic mass is 35.5. The van der Waals surface area contributed by atoms with Crippen LogP contribution in [0.15, 0.2) is 6.20 Å². The molecule has 1 aromatic heterocycles. The standard InChI is InChI=1S/C6H6ClNO2S/c1-10-4(3-9)6-8-2-5(7)11-6/h2-4H,1H3. The van der Waals surface area contributed by atoms with Crippen molar-refractivity contribution in [2.75, 3.05) is 7.11 Å². The van der Waals surface area contributed by atoms with Crippen LogP contribution in [0.5, 0.6) is 0 Å². The molecule has 0 saturated heterocycles. The summed E-state index contributed by atoms with van der Waals surface area (Å²) in [7, 11) is 1.45. The van der Waals surface area contributed by atoms with Gasteiger partial charge in [-0.2, -0.15) is 0 Å². The van der Waals surface area contributed by atoms with Crippen molar-refractivity contribution in [3.8, 4) is 0 Å². The molecule has 0 amide bonds. The molecule has 1 atom stereocenters. The van der Waals surface area contributed by atoms with Crippen LogP contribution in [0.25, 0.3) is 0 Å².